The topological polar surface area (TPSA) is 72.8 Å². The lowest BCUT2D eigenvalue weighted by atomic mass is 10.0. The van der Waals surface area contributed by atoms with Crippen LogP contribution in [0.1, 0.15) is 25.3 Å². The third-order valence-corrected chi connectivity index (χ3v) is 3.04. The van der Waals surface area contributed by atoms with Gasteiger partial charge >= 0.3 is 11.9 Å². The monoisotopic (exact) mass is 300 g/mol. The Labute approximate surface area is 122 Å². The Balaban J connectivity index is 2.57. The predicted octanol–water partition coefficient (Wildman–Crippen LogP) is 2.42. The molecular weight excluding hydrogens is 284 g/mol. The van der Waals surface area contributed by atoms with Gasteiger partial charge in [0.05, 0.1) is 11.8 Å². The molecular formula is C14H17ClO5. The first kappa shape index (κ1) is 16.3. The molecule has 0 spiro atoms. The van der Waals surface area contributed by atoms with Crippen LogP contribution in [-0.2, 0) is 14.3 Å². The maximum Gasteiger partial charge on any atom is 0.310 e. The van der Waals surface area contributed by atoms with Gasteiger partial charge in [0.2, 0.25) is 0 Å². The smallest absolute Gasteiger partial charge is 0.310 e. The number of alkyl halides is 1. The molecule has 0 amide bonds. The van der Waals surface area contributed by atoms with Gasteiger partial charge in [0.1, 0.15) is 18.5 Å². The summed E-state index contributed by atoms with van der Waals surface area (Å²) in [4.78, 5) is 21.7. The molecule has 0 aliphatic carbocycles. The first-order chi connectivity index (χ1) is 9.43. The first-order valence-corrected chi connectivity index (χ1v) is 6.66. The maximum atomic E-state index is 10.8. The third kappa shape index (κ3) is 5.09. The second-order valence-electron chi connectivity index (χ2n) is 4.33. The molecule has 0 heterocycles. The van der Waals surface area contributed by atoms with Crippen LogP contribution >= 0.6 is 11.6 Å². The molecule has 0 bridgehead atoms. The van der Waals surface area contributed by atoms with Gasteiger partial charge in [-0.25, -0.2) is 0 Å². The van der Waals surface area contributed by atoms with E-state index in [0.29, 0.717) is 11.3 Å². The molecule has 0 aliphatic rings. The van der Waals surface area contributed by atoms with Gasteiger partial charge in [-0.1, -0.05) is 12.1 Å². The molecule has 1 aromatic rings. The molecule has 0 saturated carbocycles. The van der Waals surface area contributed by atoms with Crippen LogP contribution in [0.3, 0.4) is 0 Å². The molecule has 1 aromatic carbocycles. The van der Waals surface area contributed by atoms with Crippen molar-refractivity contribution in [1.29, 1.82) is 0 Å². The lowest BCUT2D eigenvalue weighted by Gasteiger charge is -2.15. The Bertz CT molecular complexity index is 457. The number of benzene rings is 1. The van der Waals surface area contributed by atoms with Crippen molar-refractivity contribution in [2.24, 2.45) is 0 Å². The van der Waals surface area contributed by atoms with Crippen LogP contribution in [0.5, 0.6) is 5.75 Å². The molecule has 0 fully saturated rings. The number of ether oxygens (including phenoxy) is 2. The van der Waals surface area contributed by atoms with Crippen molar-refractivity contribution in [2.45, 2.75) is 25.9 Å². The number of hydrogen-bond acceptors (Lipinski definition) is 4. The number of carbonyl (C=O) groups is 2. The van der Waals surface area contributed by atoms with Gasteiger partial charge in [0.15, 0.2) is 0 Å². The van der Waals surface area contributed by atoms with Crippen molar-refractivity contribution in [2.75, 3.05) is 12.5 Å². The molecule has 1 N–H and O–H groups in total. The summed E-state index contributed by atoms with van der Waals surface area (Å²) < 4.78 is 10.4. The van der Waals surface area contributed by atoms with Gasteiger partial charge in [0, 0.05) is 6.92 Å². The standard InChI is InChI=1S/C14H17ClO5/c1-9(14(17)18)11-3-5-12(6-4-11)19-8-13(7-15)20-10(2)16/h3-6,9,13H,7-8H2,1-2H3,(H,17,18)/t9?,13-/m0/s1. The van der Waals surface area contributed by atoms with Gasteiger partial charge in [-0.2, -0.15) is 0 Å². The minimum atomic E-state index is -0.879. The zero-order chi connectivity index (χ0) is 15.1. The van der Waals surface area contributed by atoms with Crippen molar-refractivity contribution in [1.82, 2.24) is 0 Å². The number of esters is 1. The Morgan fingerprint density at radius 2 is 1.90 bits per heavy atom. The fraction of sp³-hybridized carbons (Fsp3) is 0.429. The largest absolute Gasteiger partial charge is 0.490 e. The van der Waals surface area contributed by atoms with Crippen LogP contribution in [0.15, 0.2) is 24.3 Å². The zero-order valence-electron chi connectivity index (χ0n) is 11.3. The summed E-state index contributed by atoms with van der Waals surface area (Å²) in [6, 6.07) is 6.73. The van der Waals surface area contributed by atoms with E-state index in [-0.39, 0.29) is 12.5 Å². The average Bonchev–Trinajstić information content (AvgIpc) is 2.42. The minimum absolute atomic E-state index is 0.147. The first-order valence-electron chi connectivity index (χ1n) is 6.12. The van der Waals surface area contributed by atoms with Crippen LogP contribution < -0.4 is 4.74 Å². The summed E-state index contributed by atoms with van der Waals surface area (Å²) in [5.74, 6) is -1.15. The van der Waals surface area contributed by atoms with Crippen LogP contribution in [-0.4, -0.2) is 35.6 Å². The molecule has 5 nitrogen and oxygen atoms in total. The Morgan fingerprint density at radius 1 is 1.30 bits per heavy atom. The summed E-state index contributed by atoms with van der Waals surface area (Å²) in [5, 5.41) is 8.90. The highest BCUT2D eigenvalue weighted by atomic mass is 35.5. The lowest BCUT2D eigenvalue weighted by molar-refractivity contribution is -0.146. The van der Waals surface area contributed by atoms with Crippen LogP contribution in [0, 0.1) is 0 Å². The number of aliphatic carboxylic acids is 1. The van der Waals surface area contributed by atoms with Crippen molar-refractivity contribution in [3.63, 3.8) is 0 Å². The second-order valence-corrected chi connectivity index (χ2v) is 4.63. The van der Waals surface area contributed by atoms with E-state index in [1.807, 2.05) is 0 Å². The van der Waals surface area contributed by atoms with Gasteiger partial charge in [-0.15, -0.1) is 11.6 Å². The fourth-order valence-electron chi connectivity index (χ4n) is 1.53. The van der Waals surface area contributed by atoms with Crippen molar-refractivity contribution in [3.8, 4) is 5.75 Å². The van der Waals surface area contributed by atoms with E-state index in [0.717, 1.165) is 0 Å². The van der Waals surface area contributed by atoms with Crippen molar-refractivity contribution < 1.29 is 24.2 Å². The molecule has 2 atom stereocenters. The normalized spacial score (nSPS) is 13.3. The fourth-order valence-corrected chi connectivity index (χ4v) is 1.68. The van der Waals surface area contributed by atoms with E-state index < -0.39 is 24.0 Å². The van der Waals surface area contributed by atoms with Crippen molar-refractivity contribution >= 4 is 23.5 Å². The van der Waals surface area contributed by atoms with E-state index in [9.17, 15) is 9.59 Å². The van der Waals surface area contributed by atoms with Crippen molar-refractivity contribution in [3.05, 3.63) is 29.8 Å². The molecule has 0 aromatic heterocycles. The number of halogens is 1. The SMILES string of the molecule is CC(=O)O[C@@H](CCl)COc1ccc(C(C)C(=O)O)cc1. The maximum absolute atomic E-state index is 10.8. The Morgan fingerprint density at radius 3 is 2.35 bits per heavy atom. The third-order valence-electron chi connectivity index (χ3n) is 2.69. The van der Waals surface area contributed by atoms with E-state index in [4.69, 9.17) is 26.2 Å². The molecule has 1 rings (SSSR count). The Kier molecular flexibility index (Phi) is 6.31. The average molecular weight is 301 g/mol. The molecule has 6 heteroatoms. The van der Waals surface area contributed by atoms with Gasteiger partial charge in [-0.3, -0.25) is 9.59 Å². The molecule has 0 radical (unpaired) electrons. The lowest BCUT2D eigenvalue weighted by Crippen LogP contribution is -2.25. The quantitative estimate of drug-likeness (QED) is 0.618. The van der Waals surface area contributed by atoms with Crippen LogP contribution in [0.25, 0.3) is 0 Å². The van der Waals surface area contributed by atoms with E-state index in [2.05, 4.69) is 0 Å². The second kappa shape index (κ2) is 7.75. The number of carboxylic acid groups (broad SMARTS) is 1. The van der Waals surface area contributed by atoms with Crippen LogP contribution in [0.2, 0.25) is 0 Å². The number of carboxylic acids is 1. The summed E-state index contributed by atoms with van der Waals surface area (Å²) in [6.45, 7) is 3.07. The van der Waals surface area contributed by atoms with E-state index in [1.165, 1.54) is 6.92 Å². The van der Waals surface area contributed by atoms with Gasteiger partial charge in [-0.05, 0) is 24.6 Å². The molecule has 1 unspecified atom stereocenters. The van der Waals surface area contributed by atoms with E-state index in [1.54, 1.807) is 31.2 Å². The predicted molar refractivity (Wildman–Crippen MR) is 74.3 cm³/mol. The number of carbonyl (C=O) groups excluding carboxylic acids is 1. The molecule has 20 heavy (non-hydrogen) atoms. The minimum Gasteiger partial charge on any atom is -0.490 e. The summed E-state index contributed by atoms with van der Waals surface area (Å²) in [7, 11) is 0. The van der Waals surface area contributed by atoms with Gasteiger partial charge in [0.25, 0.3) is 0 Å². The summed E-state index contributed by atoms with van der Waals surface area (Å²) in [6.07, 6.45) is -0.508. The summed E-state index contributed by atoms with van der Waals surface area (Å²) >= 11 is 5.66. The molecule has 0 saturated heterocycles. The number of rotatable bonds is 7. The van der Waals surface area contributed by atoms with Gasteiger partial charge < -0.3 is 14.6 Å². The zero-order valence-corrected chi connectivity index (χ0v) is 12.1. The molecule has 0 aliphatic heterocycles. The summed E-state index contributed by atoms with van der Waals surface area (Å²) in [5.41, 5.74) is 0.693. The molecule has 110 valence electrons. The number of hydrogen-bond donors (Lipinski definition) is 1. The Hall–Kier alpha value is -1.75. The van der Waals surface area contributed by atoms with Crippen LogP contribution in [0.4, 0.5) is 0 Å². The highest BCUT2D eigenvalue weighted by Gasteiger charge is 2.14. The highest BCUT2D eigenvalue weighted by molar-refractivity contribution is 6.18. The van der Waals surface area contributed by atoms with E-state index >= 15 is 0 Å². The highest BCUT2D eigenvalue weighted by Crippen LogP contribution is 2.19.